The third-order valence-electron chi connectivity index (χ3n) is 4.57. The number of ether oxygens (including phenoxy) is 1. The maximum Gasteiger partial charge on any atom is 0.251 e. The van der Waals surface area contributed by atoms with Gasteiger partial charge in [-0.25, -0.2) is 4.98 Å². The number of hydrogen-bond donors (Lipinski definition) is 1. The van der Waals surface area contributed by atoms with E-state index in [0.717, 1.165) is 17.0 Å². The van der Waals surface area contributed by atoms with Crippen molar-refractivity contribution in [3.8, 4) is 5.75 Å². The van der Waals surface area contributed by atoms with Gasteiger partial charge in [0.15, 0.2) is 0 Å². The molecule has 0 spiro atoms. The van der Waals surface area contributed by atoms with Gasteiger partial charge in [0, 0.05) is 35.1 Å². The molecule has 1 amide bonds. The van der Waals surface area contributed by atoms with E-state index in [-0.39, 0.29) is 12.5 Å². The SMILES string of the molecule is Cn1ccnc1[C@H](NC(=O)C1=Cc2cc(Cl)ccc2OC1)c1ccc(Cl)cc1. The van der Waals surface area contributed by atoms with Gasteiger partial charge in [0.25, 0.3) is 5.91 Å². The molecule has 1 N–H and O–H groups in total. The number of fused-ring (bicyclic) bond motifs is 1. The number of hydrogen-bond acceptors (Lipinski definition) is 3. The third kappa shape index (κ3) is 3.77. The van der Waals surface area contributed by atoms with Crippen LogP contribution in [0.2, 0.25) is 10.0 Å². The van der Waals surface area contributed by atoms with Crippen LogP contribution in [0.5, 0.6) is 5.75 Å². The number of nitrogens with one attached hydrogen (secondary N) is 1. The molecule has 1 aliphatic heterocycles. The van der Waals surface area contributed by atoms with Crippen LogP contribution in [0.3, 0.4) is 0 Å². The molecule has 3 aromatic rings. The second kappa shape index (κ2) is 7.70. The lowest BCUT2D eigenvalue weighted by Crippen LogP contribution is -2.34. The first kappa shape index (κ1) is 18.6. The van der Waals surface area contributed by atoms with Crippen molar-refractivity contribution in [1.29, 1.82) is 0 Å². The molecular weight excluding hydrogens is 397 g/mol. The van der Waals surface area contributed by atoms with E-state index in [1.165, 1.54) is 0 Å². The molecule has 2 heterocycles. The summed E-state index contributed by atoms with van der Waals surface area (Å²) in [6.45, 7) is 0.189. The Morgan fingerprint density at radius 3 is 2.64 bits per heavy atom. The van der Waals surface area contributed by atoms with E-state index in [4.69, 9.17) is 27.9 Å². The van der Waals surface area contributed by atoms with Crippen LogP contribution >= 0.6 is 23.2 Å². The first-order chi connectivity index (χ1) is 13.5. The third-order valence-corrected chi connectivity index (χ3v) is 5.06. The highest BCUT2D eigenvalue weighted by molar-refractivity contribution is 6.31. The maximum atomic E-state index is 13.0. The summed E-state index contributed by atoms with van der Waals surface area (Å²) >= 11 is 12.1. The van der Waals surface area contributed by atoms with Crippen LogP contribution < -0.4 is 10.1 Å². The lowest BCUT2D eigenvalue weighted by atomic mass is 10.0. The average molecular weight is 414 g/mol. The number of aryl methyl sites for hydroxylation is 1. The van der Waals surface area contributed by atoms with Gasteiger partial charge in [0.05, 0.1) is 5.57 Å². The molecule has 0 saturated carbocycles. The molecule has 0 aliphatic carbocycles. The number of aromatic nitrogens is 2. The van der Waals surface area contributed by atoms with Crippen molar-refractivity contribution in [2.45, 2.75) is 6.04 Å². The van der Waals surface area contributed by atoms with Crippen molar-refractivity contribution in [2.24, 2.45) is 7.05 Å². The Balaban J connectivity index is 1.65. The smallest absolute Gasteiger partial charge is 0.251 e. The van der Waals surface area contributed by atoms with Crippen LogP contribution in [0, 0.1) is 0 Å². The number of imidazole rings is 1. The highest BCUT2D eigenvalue weighted by atomic mass is 35.5. The van der Waals surface area contributed by atoms with Crippen molar-refractivity contribution in [3.05, 3.63) is 87.4 Å². The number of nitrogens with zero attached hydrogens (tertiary/aromatic N) is 2. The van der Waals surface area contributed by atoms with E-state index < -0.39 is 6.04 Å². The van der Waals surface area contributed by atoms with Gasteiger partial charge in [0.1, 0.15) is 24.2 Å². The fourth-order valence-corrected chi connectivity index (χ4v) is 3.42. The Morgan fingerprint density at radius 1 is 1.18 bits per heavy atom. The zero-order chi connectivity index (χ0) is 19.7. The molecule has 1 atom stereocenters. The maximum absolute atomic E-state index is 13.0. The van der Waals surface area contributed by atoms with Gasteiger partial charge in [-0.2, -0.15) is 0 Å². The number of carbonyl (C=O) groups is 1. The molecule has 142 valence electrons. The number of rotatable bonds is 4. The van der Waals surface area contributed by atoms with Crippen LogP contribution in [0.1, 0.15) is 23.0 Å². The number of carbonyl (C=O) groups excluding carboxylic acids is 1. The van der Waals surface area contributed by atoms with Gasteiger partial charge in [0.2, 0.25) is 0 Å². The van der Waals surface area contributed by atoms with Gasteiger partial charge in [-0.05, 0) is 42.0 Å². The quantitative estimate of drug-likeness (QED) is 0.688. The van der Waals surface area contributed by atoms with Crippen molar-refractivity contribution in [3.63, 3.8) is 0 Å². The predicted octanol–water partition coefficient (Wildman–Crippen LogP) is 4.41. The minimum absolute atomic E-state index is 0.189. The summed E-state index contributed by atoms with van der Waals surface area (Å²) in [5.74, 6) is 1.20. The predicted molar refractivity (Wildman–Crippen MR) is 110 cm³/mol. The molecule has 2 aromatic carbocycles. The summed E-state index contributed by atoms with van der Waals surface area (Å²) in [6.07, 6.45) is 5.34. The minimum atomic E-state index is -0.425. The molecule has 0 bridgehead atoms. The van der Waals surface area contributed by atoms with E-state index in [2.05, 4.69) is 10.3 Å². The average Bonchev–Trinajstić information content (AvgIpc) is 3.11. The molecule has 0 unspecified atom stereocenters. The lowest BCUT2D eigenvalue weighted by Gasteiger charge is -2.22. The summed E-state index contributed by atoms with van der Waals surface area (Å²) in [6, 6.07) is 12.3. The summed E-state index contributed by atoms with van der Waals surface area (Å²) in [5.41, 5.74) is 2.18. The second-order valence-corrected chi connectivity index (χ2v) is 7.37. The molecule has 4 rings (SSSR count). The Bertz CT molecular complexity index is 1060. The molecule has 0 radical (unpaired) electrons. The fraction of sp³-hybridized carbons (Fsp3) is 0.143. The van der Waals surface area contributed by atoms with Gasteiger partial charge in [-0.15, -0.1) is 0 Å². The first-order valence-corrected chi connectivity index (χ1v) is 9.43. The second-order valence-electron chi connectivity index (χ2n) is 6.49. The van der Waals surface area contributed by atoms with Crippen LogP contribution in [-0.4, -0.2) is 22.1 Å². The van der Waals surface area contributed by atoms with E-state index >= 15 is 0 Å². The first-order valence-electron chi connectivity index (χ1n) is 8.68. The Hall–Kier alpha value is -2.76. The van der Waals surface area contributed by atoms with E-state index in [9.17, 15) is 4.79 Å². The minimum Gasteiger partial charge on any atom is -0.488 e. The molecule has 0 saturated heterocycles. The number of benzene rings is 2. The molecule has 0 fully saturated rings. The van der Waals surface area contributed by atoms with Gasteiger partial charge >= 0.3 is 0 Å². The largest absolute Gasteiger partial charge is 0.488 e. The standard InChI is InChI=1S/C21H17Cl2N3O2/c1-26-9-8-24-20(26)19(13-2-4-16(22)5-3-13)25-21(27)15-10-14-11-17(23)6-7-18(14)28-12-15/h2-11,19H,12H2,1H3,(H,25,27)/t19-/m1/s1. The van der Waals surface area contributed by atoms with Crippen LogP contribution in [0.15, 0.2) is 60.4 Å². The van der Waals surface area contributed by atoms with Gasteiger partial charge in [-0.1, -0.05) is 35.3 Å². The summed E-state index contributed by atoms with van der Waals surface area (Å²) < 4.78 is 7.58. The Kier molecular flexibility index (Phi) is 5.11. The molecule has 1 aliphatic rings. The topological polar surface area (TPSA) is 56.2 Å². The summed E-state index contributed by atoms with van der Waals surface area (Å²) in [5, 5.41) is 4.28. The highest BCUT2D eigenvalue weighted by Gasteiger charge is 2.24. The Morgan fingerprint density at radius 2 is 1.93 bits per heavy atom. The van der Waals surface area contributed by atoms with Crippen LogP contribution in [0.4, 0.5) is 0 Å². The van der Waals surface area contributed by atoms with Crippen molar-refractivity contribution >= 4 is 35.2 Å². The molecule has 5 nitrogen and oxygen atoms in total. The molecule has 28 heavy (non-hydrogen) atoms. The van der Waals surface area contributed by atoms with Gasteiger partial charge < -0.3 is 14.6 Å². The van der Waals surface area contributed by atoms with Crippen LogP contribution in [-0.2, 0) is 11.8 Å². The van der Waals surface area contributed by atoms with Gasteiger partial charge in [-0.3, -0.25) is 4.79 Å². The van der Waals surface area contributed by atoms with Crippen molar-refractivity contribution in [1.82, 2.24) is 14.9 Å². The normalized spacial score (nSPS) is 13.9. The number of halogens is 2. The van der Waals surface area contributed by atoms with E-state index in [1.807, 2.05) is 29.9 Å². The molecular formula is C21H17Cl2N3O2. The summed E-state index contributed by atoms with van der Waals surface area (Å²) in [7, 11) is 1.89. The molecule has 1 aromatic heterocycles. The van der Waals surface area contributed by atoms with Crippen LogP contribution in [0.25, 0.3) is 6.08 Å². The van der Waals surface area contributed by atoms with E-state index in [0.29, 0.717) is 21.4 Å². The number of amides is 1. The highest BCUT2D eigenvalue weighted by Crippen LogP contribution is 2.30. The Labute approximate surface area is 172 Å². The van der Waals surface area contributed by atoms with E-state index in [1.54, 1.807) is 42.6 Å². The zero-order valence-corrected chi connectivity index (χ0v) is 16.5. The fourth-order valence-electron chi connectivity index (χ4n) is 3.11. The molecule has 7 heteroatoms. The summed E-state index contributed by atoms with van der Waals surface area (Å²) in [4.78, 5) is 17.4. The van der Waals surface area contributed by atoms with Crippen molar-refractivity contribution < 1.29 is 9.53 Å². The zero-order valence-electron chi connectivity index (χ0n) is 15.0. The monoisotopic (exact) mass is 413 g/mol. The lowest BCUT2D eigenvalue weighted by molar-refractivity contribution is -0.118. The van der Waals surface area contributed by atoms with Crippen molar-refractivity contribution in [2.75, 3.05) is 6.61 Å².